The van der Waals surface area contributed by atoms with E-state index in [1.54, 1.807) is 18.2 Å². The van der Waals surface area contributed by atoms with E-state index in [2.05, 4.69) is 10.3 Å². The molecule has 0 spiro atoms. The van der Waals surface area contributed by atoms with Crippen molar-refractivity contribution in [2.75, 3.05) is 12.4 Å². The molecule has 6 heteroatoms. The minimum Gasteiger partial charge on any atom is -0.480 e. The molecule has 1 heterocycles. The number of benzene rings is 1. The van der Waals surface area contributed by atoms with Crippen LogP contribution >= 0.6 is 22.6 Å². The Morgan fingerprint density at radius 1 is 1.37 bits per heavy atom. The molecule has 0 bridgehead atoms. The van der Waals surface area contributed by atoms with Crippen molar-refractivity contribution >= 4 is 34.2 Å². The van der Waals surface area contributed by atoms with Crippen LogP contribution in [-0.2, 0) is 0 Å². The SMILES string of the molecule is COc1ncccc1C(=O)Nc1cccc(F)c1I. The van der Waals surface area contributed by atoms with Crippen LogP contribution in [0.3, 0.4) is 0 Å². The molecular weight excluding hydrogens is 362 g/mol. The summed E-state index contributed by atoms with van der Waals surface area (Å²) in [5.74, 6) is -0.545. The largest absolute Gasteiger partial charge is 0.480 e. The van der Waals surface area contributed by atoms with E-state index in [9.17, 15) is 9.18 Å². The van der Waals surface area contributed by atoms with Gasteiger partial charge in [-0.1, -0.05) is 6.07 Å². The van der Waals surface area contributed by atoms with Crippen LogP contribution in [-0.4, -0.2) is 18.0 Å². The smallest absolute Gasteiger partial charge is 0.261 e. The highest BCUT2D eigenvalue weighted by molar-refractivity contribution is 14.1. The summed E-state index contributed by atoms with van der Waals surface area (Å²) in [4.78, 5) is 16.0. The van der Waals surface area contributed by atoms with E-state index in [1.807, 2.05) is 22.6 Å². The number of anilines is 1. The fourth-order valence-electron chi connectivity index (χ4n) is 1.52. The number of methoxy groups -OCH3 is 1. The van der Waals surface area contributed by atoms with Crippen molar-refractivity contribution in [3.05, 3.63) is 51.5 Å². The first kappa shape index (κ1) is 13.7. The third-order valence-electron chi connectivity index (χ3n) is 2.41. The van der Waals surface area contributed by atoms with Crippen LogP contribution in [0.2, 0.25) is 0 Å². The maximum Gasteiger partial charge on any atom is 0.261 e. The summed E-state index contributed by atoms with van der Waals surface area (Å²) in [5.41, 5.74) is 0.710. The third-order valence-corrected chi connectivity index (χ3v) is 3.51. The van der Waals surface area contributed by atoms with Gasteiger partial charge >= 0.3 is 0 Å². The van der Waals surface area contributed by atoms with Gasteiger partial charge in [0, 0.05) is 6.20 Å². The number of carbonyl (C=O) groups is 1. The molecule has 0 aliphatic rings. The average Bonchev–Trinajstić information content (AvgIpc) is 2.43. The van der Waals surface area contributed by atoms with Crippen LogP contribution < -0.4 is 10.1 Å². The maximum absolute atomic E-state index is 13.4. The summed E-state index contributed by atoms with van der Waals surface area (Å²) in [5, 5.41) is 2.64. The van der Waals surface area contributed by atoms with Gasteiger partial charge in [0.2, 0.25) is 5.88 Å². The zero-order chi connectivity index (χ0) is 13.8. The van der Waals surface area contributed by atoms with E-state index < -0.39 is 5.91 Å². The van der Waals surface area contributed by atoms with E-state index in [-0.39, 0.29) is 11.7 Å². The van der Waals surface area contributed by atoms with Gasteiger partial charge in [-0.15, -0.1) is 0 Å². The normalized spacial score (nSPS) is 10.1. The van der Waals surface area contributed by atoms with Gasteiger partial charge in [-0.25, -0.2) is 9.37 Å². The molecule has 98 valence electrons. The molecule has 19 heavy (non-hydrogen) atoms. The number of nitrogens with zero attached hydrogens (tertiary/aromatic N) is 1. The molecule has 1 aromatic heterocycles. The van der Waals surface area contributed by atoms with Crippen molar-refractivity contribution in [1.29, 1.82) is 0 Å². The molecule has 0 unspecified atom stereocenters. The molecule has 4 nitrogen and oxygen atoms in total. The Kier molecular flexibility index (Phi) is 4.31. The number of pyridine rings is 1. The summed E-state index contributed by atoms with van der Waals surface area (Å²) in [6, 6.07) is 7.72. The van der Waals surface area contributed by atoms with E-state index in [4.69, 9.17) is 4.74 Å². The molecule has 0 atom stereocenters. The van der Waals surface area contributed by atoms with Crippen LogP contribution in [0, 0.1) is 9.39 Å². The standard InChI is InChI=1S/C13H10FIN2O2/c1-19-13-8(4-3-7-16-13)12(18)17-10-6-2-5-9(14)11(10)15/h2-7H,1H3,(H,17,18). The van der Waals surface area contributed by atoms with E-state index in [0.29, 0.717) is 14.8 Å². The minimum atomic E-state index is -0.395. The number of hydrogen-bond donors (Lipinski definition) is 1. The predicted octanol–water partition coefficient (Wildman–Crippen LogP) is 3.09. The lowest BCUT2D eigenvalue weighted by atomic mass is 10.2. The van der Waals surface area contributed by atoms with Crippen LogP contribution in [0.4, 0.5) is 10.1 Å². The van der Waals surface area contributed by atoms with Gasteiger partial charge in [-0.05, 0) is 46.9 Å². The number of ether oxygens (including phenoxy) is 1. The fraction of sp³-hybridized carbons (Fsp3) is 0.0769. The second-order valence-corrected chi connectivity index (χ2v) is 4.69. The zero-order valence-corrected chi connectivity index (χ0v) is 12.1. The lowest BCUT2D eigenvalue weighted by Crippen LogP contribution is -2.14. The molecular formula is C13H10FIN2O2. The van der Waals surface area contributed by atoms with Crippen LogP contribution in [0.5, 0.6) is 5.88 Å². The van der Waals surface area contributed by atoms with Crippen LogP contribution in [0.25, 0.3) is 0 Å². The minimum absolute atomic E-state index is 0.228. The Morgan fingerprint density at radius 2 is 2.16 bits per heavy atom. The number of halogens is 2. The Bertz CT molecular complexity index is 619. The summed E-state index contributed by atoms with van der Waals surface area (Å²) in [6.45, 7) is 0. The van der Waals surface area contributed by atoms with Crippen LogP contribution in [0.1, 0.15) is 10.4 Å². The number of hydrogen-bond acceptors (Lipinski definition) is 3. The molecule has 2 rings (SSSR count). The molecule has 0 aliphatic heterocycles. The molecule has 2 aromatic rings. The highest BCUT2D eigenvalue weighted by Gasteiger charge is 2.15. The van der Waals surface area contributed by atoms with Gasteiger partial charge in [0.25, 0.3) is 5.91 Å². The van der Waals surface area contributed by atoms with Crippen molar-refractivity contribution < 1.29 is 13.9 Å². The van der Waals surface area contributed by atoms with Crippen LogP contribution in [0.15, 0.2) is 36.5 Å². The molecule has 0 radical (unpaired) electrons. The van der Waals surface area contributed by atoms with E-state index in [1.165, 1.54) is 25.4 Å². The lowest BCUT2D eigenvalue weighted by molar-refractivity contribution is 0.102. The molecule has 1 aromatic carbocycles. The van der Waals surface area contributed by atoms with Crippen molar-refractivity contribution in [1.82, 2.24) is 4.98 Å². The van der Waals surface area contributed by atoms with Crippen molar-refractivity contribution in [3.63, 3.8) is 0 Å². The predicted molar refractivity (Wildman–Crippen MR) is 77.9 cm³/mol. The fourth-order valence-corrected chi connectivity index (χ4v) is 2.01. The number of nitrogens with one attached hydrogen (secondary N) is 1. The third kappa shape index (κ3) is 3.01. The molecule has 0 saturated heterocycles. The average molecular weight is 372 g/mol. The Morgan fingerprint density at radius 3 is 2.89 bits per heavy atom. The van der Waals surface area contributed by atoms with Crippen molar-refractivity contribution in [2.24, 2.45) is 0 Å². The number of aromatic nitrogens is 1. The highest BCUT2D eigenvalue weighted by atomic mass is 127. The van der Waals surface area contributed by atoms with Gasteiger partial charge in [0.1, 0.15) is 11.4 Å². The summed E-state index contributed by atoms with van der Waals surface area (Å²) in [7, 11) is 1.44. The van der Waals surface area contributed by atoms with Gasteiger partial charge in [-0.3, -0.25) is 4.79 Å². The Balaban J connectivity index is 2.28. The molecule has 0 fully saturated rings. The second kappa shape index (κ2) is 5.96. The van der Waals surface area contributed by atoms with Crippen molar-refractivity contribution in [2.45, 2.75) is 0 Å². The lowest BCUT2D eigenvalue weighted by Gasteiger charge is -2.09. The summed E-state index contributed by atoms with van der Waals surface area (Å²) < 4.78 is 18.7. The number of rotatable bonds is 3. The summed E-state index contributed by atoms with van der Waals surface area (Å²) in [6.07, 6.45) is 1.53. The first-order valence-electron chi connectivity index (χ1n) is 5.38. The van der Waals surface area contributed by atoms with Crippen molar-refractivity contribution in [3.8, 4) is 5.88 Å². The van der Waals surface area contributed by atoms with Gasteiger partial charge in [-0.2, -0.15) is 0 Å². The number of amides is 1. The monoisotopic (exact) mass is 372 g/mol. The maximum atomic E-state index is 13.4. The van der Waals surface area contributed by atoms with E-state index >= 15 is 0 Å². The topological polar surface area (TPSA) is 51.2 Å². The molecule has 0 saturated carbocycles. The molecule has 1 N–H and O–H groups in total. The highest BCUT2D eigenvalue weighted by Crippen LogP contribution is 2.22. The second-order valence-electron chi connectivity index (χ2n) is 3.62. The Hall–Kier alpha value is -1.70. The zero-order valence-electron chi connectivity index (χ0n) is 9.98. The first-order valence-corrected chi connectivity index (χ1v) is 6.45. The summed E-state index contributed by atoms with van der Waals surface area (Å²) >= 11 is 1.84. The first-order chi connectivity index (χ1) is 9.13. The molecule has 1 amide bonds. The van der Waals surface area contributed by atoms with E-state index in [0.717, 1.165) is 0 Å². The Labute approximate surface area is 123 Å². The van der Waals surface area contributed by atoms with Gasteiger partial charge in [0.05, 0.1) is 16.4 Å². The molecule has 0 aliphatic carbocycles. The van der Waals surface area contributed by atoms with Gasteiger partial charge < -0.3 is 10.1 Å². The number of carbonyl (C=O) groups excluding carboxylic acids is 1. The van der Waals surface area contributed by atoms with Gasteiger partial charge in [0.15, 0.2) is 0 Å². The quantitative estimate of drug-likeness (QED) is 0.843.